The van der Waals surface area contributed by atoms with Gasteiger partial charge in [-0.1, -0.05) is 13.8 Å². The Kier molecular flexibility index (Phi) is 5.64. The van der Waals surface area contributed by atoms with Gasteiger partial charge in [0.05, 0.1) is 4.47 Å². The van der Waals surface area contributed by atoms with Gasteiger partial charge in [-0.05, 0) is 41.4 Å². The van der Waals surface area contributed by atoms with Gasteiger partial charge in [-0.25, -0.2) is 4.79 Å². The van der Waals surface area contributed by atoms with Crippen LogP contribution in [0, 0.1) is 5.92 Å². The van der Waals surface area contributed by atoms with Crippen molar-refractivity contribution in [3.05, 3.63) is 31.5 Å². The van der Waals surface area contributed by atoms with Crippen LogP contribution in [-0.2, 0) is 6.54 Å². The molecule has 0 aliphatic heterocycles. The minimum atomic E-state index is -0.386. The van der Waals surface area contributed by atoms with Crippen LogP contribution in [0.3, 0.4) is 0 Å². The molecule has 0 amide bonds. The van der Waals surface area contributed by atoms with E-state index in [-0.39, 0.29) is 11.2 Å². The van der Waals surface area contributed by atoms with Crippen LogP contribution in [0.5, 0.6) is 0 Å². The lowest BCUT2D eigenvalue weighted by Crippen LogP contribution is -2.33. The Morgan fingerprint density at radius 3 is 2.88 bits per heavy atom. The lowest BCUT2D eigenvalue weighted by atomic mass is 10.2. The maximum atomic E-state index is 11.5. The summed E-state index contributed by atoms with van der Waals surface area (Å²) in [7, 11) is 0. The monoisotopic (exact) mass is 303 g/mol. The van der Waals surface area contributed by atoms with Crippen LogP contribution in [0.4, 0.5) is 0 Å². The molecule has 0 aliphatic carbocycles. The molecular weight excluding hydrogens is 286 g/mol. The van der Waals surface area contributed by atoms with Crippen molar-refractivity contribution in [2.75, 3.05) is 13.1 Å². The van der Waals surface area contributed by atoms with Crippen molar-refractivity contribution in [1.82, 2.24) is 14.9 Å². The van der Waals surface area contributed by atoms with Gasteiger partial charge in [0.15, 0.2) is 0 Å². The first-order valence-corrected chi connectivity index (χ1v) is 6.53. The van der Waals surface area contributed by atoms with Crippen molar-refractivity contribution in [1.29, 1.82) is 0 Å². The van der Waals surface area contributed by atoms with Crippen LogP contribution < -0.4 is 16.6 Å². The number of nitrogens with one attached hydrogen (secondary N) is 2. The van der Waals surface area contributed by atoms with Crippen LogP contribution in [0.15, 0.2) is 20.3 Å². The van der Waals surface area contributed by atoms with Crippen molar-refractivity contribution < 1.29 is 0 Å². The number of aromatic nitrogens is 2. The van der Waals surface area contributed by atoms with E-state index in [0.717, 1.165) is 19.5 Å². The van der Waals surface area contributed by atoms with Gasteiger partial charge in [-0.15, -0.1) is 0 Å². The molecule has 0 radical (unpaired) electrons. The molecule has 0 saturated carbocycles. The number of halogens is 1. The molecule has 5 nitrogen and oxygen atoms in total. The predicted octanol–water partition coefficient (Wildman–Crippen LogP) is 0.935. The molecule has 2 N–H and O–H groups in total. The van der Waals surface area contributed by atoms with E-state index in [1.54, 1.807) is 0 Å². The SMILES string of the molecule is CCCNCC(C)Cn1cc(Br)c(=O)[nH]c1=O. The molecule has 17 heavy (non-hydrogen) atoms. The Balaban J connectivity index is 2.65. The maximum absolute atomic E-state index is 11.5. The number of hydrogen-bond donors (Lipinski definition) is 2. The van der Waals surface area contributed by atoms with Crippen molar-refractivity contribution in [2.45, 2.75) is 26.8 Å². The molecule has 6 heteroatoms. The number of aromatic amines is 1. The summed E-state index contributed by atoms with van der Waals surface area (Å²) in [6.07, 6.45) is 2.63. The van der Waals surface area contributed by atoms with Crippen LogP contribution in [0.25, 0.3) is 0 Å². The molecule has 0 saturated heterocycles. The zero-order chi connectivity index (χ0) is 12.8. The highest BCUT2D eigenvalue weighted by Crippen LogP contribution is 2.01. The maximum Gasteiger partial charge on any atom is 0.328 e. The van der Waals surface area contributed by atoms with E-state index in [1.165, 1.54) is 10.8 Å². The smallest absolute Gasteiger partial charge is 0.316 e. The fourth-order valence-corrected chi connectivity index (χ4v) is 1.89. The summed E-state index contributed by atoms with van der Waals surface area (Å²) in [6.45, 7) is 6.60. The van der Waals surface area contributed by atoms with Gasteiger partial charge < -0.3 is 5.32 Å². The zero-order valence-corrected chi connectivity index (χ0v) is 11.7. The number of rotatable bonds is 6. The molecule has 1 rings (SSSR count). The summed E-state index contributed by atoms with van der Waals surface area (Å²) >= 11 is 3.11. The van der Waals surface area contributed by atoms with Crippen molar-refractivity contribution in [3.8, 4) is 0 Å². The molecule has 96 valence electrons. The molecular formula is C11H18BrN3O2. The Morgan fingerprint density at radius 2 is 2.24 bits per heavy atom. The van der Waals surface area contributed by atoms with E-state index >= 15 is 0 Å². The van der Waals surface area contributed by atoms with E-state index in [1.807, 2.05) is 0 Å². The third-order valence-corrected chi connectivity index (χ3v) is 2.96. The summed E-state index contributed by atoms with van der Waals surface area (Å²) in [5.74, 6) is 0.331. The van der Waals surface area contributed by atoms with Crippen molar-refractivity contribution in [3.63, 3.8) is 0 Å². The lowest BCUT2D eigenvalue weighted by Gasteiger charge is -2.13. The summed E-state index contributed by atoms with van der Waals surface area (Å²) < 4.78 is 1.90. The van der Waals surface area contributed by atoms with E-state index in [0.29, 0.717) is 16.9 Å². The van der Waals surface area contributed by atoms with Crippen LogP contribution in [0.2, 0.25) is 0 Å². The lowest BCUT2D eigenvalue weighted by molar-refractivity contribution is 0.434. The highest BCUT2D eigenvalue weighted by molar-refractivity contribution is 9.10. The zero-order valence-electron chi connectivity index (χ0n) is 10.1. The fourth-order valence-electron chi connectivity index (χ4n) is 1.54. The third kappa shape index (κ3) is 4.47. The molecule has 1 aromatic rings. The van der Waals surface area contributed by atoms with Gasteiger partial charge in [-0.3, -0.25) is 14.3 Å². The second-order valence-corrected chi connectivity index (χ2v) is 5.05. The Morgan fingerprint density at radius 1 is 1.53 bits per heavy atom. The largest absolute Gasteiger partial charge is 0.328 e. The average Bonchev–Trinajstić information content (AvgIpc) is 2.26. The molecule has 1 atom stereocenters. The average molecular weight is 304 g/mol. The van der Waals surface area contributed by atoms with Crippen LogP contribution >= 0.6 is 15.9 Å². The molecule has 0 aliphatic rings. The molecule has 1 unspecified atom stereocenters. The quantitative estimate of drug-likeness (QED) is 0.769. The second-order valence-electron chi connectivity index (χ2n) is 4.20. The molecule has 0 aromatic carbocycles. The fraction of sp³-hybridized carbons (Fsp3) is 0.636. The van der Waals surface area contributed by atoms with Crippen molar-refractivity contribution >= 4 is 15.9 Å². The topological polar surface area (TPSA) is 66.9 Å². The first-order chi connectivity index (χ1) is 8.04. The summed E-state index contributed by atoms with van der Waals surface area (Å²) in [5, 5.41) is 3.30. The van der Waals surface area contributed by atoms with E-state index < -0.39 is 0 Å². The van der Waals surface area contributed by atoms with E-state index in [2.05, 4.69) is 40.1 Å². The Labute approximate surface area is 108 Å². The third-order valence-electron chi connectivity index (χ3n) is 2.40. The van der Waals surface area contributed by atoms with E-state index in [4.69, 9.17) is 0 Å². The summed E-state index contributed by atoms with van der Waals surface area (Å²) in [4.78, 5) is 24.9. The predicted molar refractivity (Wildman–Crippen MR) is 71.3 cm³/mol. The van der Waals surface area contributed by atoms with E-state index in [9.17, 15) is 9.59 Å². The van der Waals surface area contributed by atoms with Gasteiger partial charge >= 0.3 is 5.69 Å². The molecule has 1 aromatic heterocycles. The highest BCUT2D eigenvalue weighted by atomic mass is 79.9. The molecule has 0 fully saturated rings. The van der Waals surface area contributed by atoms with Crippen molar-refractivity contribution in [2.24, 2.45) is 5.92 Å². The van der Waals surface area contributed by atoms with Crippen LogP contribution in [0.1, 0.15) is 20.3 Å². The second kappa shape index (κ2) is 6.76. The van der Waals surface area contributed by atoms with Crippen LogP contribution in [-0.4, -0.2) is 22.6 Å². The Bertz CT molecular complexity index is 467. The van der Waals surface area contributed by atoms with Gasteiger partial charge in [0, 0.05) is 12.7 Å². The summed E-state index contributed by atoms with van der Waals surface area (Å²) in [5.41, 5.74) is -0.747. The first kappa shape index (κ1) is 14.2. The highest BCUT2D eigenvalue weighted by Gasteiger charge is 2.06. The minimum Gasteiger partial charge on any atom is -0.316 e. The molecule has 1 heterocycles. The number of H-pyrrole nitrogens is 1. The van der Waals surface area contributed by atoms with Gasteiger partial charge in [0.2, 0.25) is 0 Å². The number of nitrogens with zero attached hydrogens (tertiary/aromatic N) is 1. The summed E-state index contributed by atoms with van der Waals surface area (Å²) in [6, 6.07) is 0. The standard InChI is InChI=1S/C11H18BrN3O2/c1-3-4-13-5-8(2)6-15-7-9(12)10(16)14-11(15)17/h7-8,13H,3-6H2,1-2H3,(H,14,16,17). The first-order valence-electron chi connectivity index (χ1n) is 5.74. The number of hydrogen-bond acceptors (Lipinski definition) is 3. The van der Waals surface area contributed by atoms with Gasteiger partial charge in [-0.2, -0.15) is 0 Å². The molecule has 0 spiro atoms. The van der Waals surface area contributed by atoms with Gasteiger partial charge in [0.25, 0.3) is 5.56 Å². The van der Waals surface area contributed by atoms with Gasteiger partial charge in [0.1, 0.15) is 0 Å². The normalized spacial score (nSPS) is 12.6. The minimum absolute atomic E-state index is 0.331. The Hall–Kier alpha value is -0.880. The molecule has 0 bridgehead atoms.